The van der Waals surface area contributed by atoms with Crippen LogP contribution in [-0.2, 0) is 4.74 Å². The molecule has 0 aromatic rings. The normalized spacial score (nSPS) is 45.3. The summed E-state index contributed by atoms with van der Waals surface area (Å²) in [6.07, 6.45) is 3.11. The van der Waals surface area contributed by atoms with Crippen molar-refractivity contribution in [3.63, 3.8) is 0 Å². The molecule has 2 fully saturated rings. The lowest BCUT2D eigenvalue weighted by molar-refractivity contribution is -0.0615. The van der Waals surface area contributed by atoms with E-state index in [4.69, 9.17) is 4.74 Å². The van der Waals surface area contributed by atoms with E-state index in [0.29, 0.717) is 18.2 Å². The summed E-state index contributed by atoms with van der Waals surface area (Å²) < 4.78 is 5.75. The Labute approximate surface area is 119 Å². The van der Waals surface area contributed by atoms with E-state index < -0.39 is 0 Å². The van der Waals surface area contributed by atoms with Crippen LogP contribution in [-0.4, -0.2) is 49.8 Å². The van der Waals surface area contributed by atoms with Crippen molar-refractivity contribution < 1.29 is 4.74 Å². The first-order valence-electron chi connectivity index (χ1n) is 8.04. The molecule has 0 amide bonds. The number of nitrogens with one attached hydrogen (secondary N) is 1. The van der Waals surface area contributed by atoms with E-state index in [1.54, 1.807) is 0 Å². The van der Waals surface area contributed by atoms with E-state index in [2.05, 4.69) is 45.0 Å². The van der Waals surface area contributed by atoms with E-state index in [9.17, 15) is 0 Å². The van der Waals surface area contributed by atoms with Crippen molar-refractivity contribution in [2.45, 2.75) is 58.7 Å². The van der Waals surface area contributed by atoms with Gasteiger partial charge in [-0.3, -0.25) is 4.90 Å². The van der Waals surface area contributed by atoms with Gasteiger partial charge in [-0.05, 0) is 51.5 Å². The number of rotatable bonds is 3. The summed E-state index contributed by atoms with van der Waals surface area (Å²) in [4.78, 5) is 2.65. The minimum Gasteiger partial charge on any atom is -0.376 e. The first-order chi connectivity index (χ1) is 9.01. The SMILES string of the molecule is CNC1CC(C)CC(C)C1CN1CC(C)OCC1C. The van der Waals surface area contributed by atoms with E-state index in [1.165, 1.54) is 19.4 Å². The van der Waals surface area contributed by atoms with Crippen molar-refractivity contribution in [1.82, 2.24) is 10.2 Å². The molecular weight excluding hydrogens is 236 g/mol. The maximum absolute atomic E-state index is 5.75. The Morgan fingerprint density at radius 2 is 1.89 bits per heavy atom. The van der Waals surface area contributed by atoms with Crippen LogP contribution in [0.25, 0.3) is 0 Å². The van der Waals surface area contributed by atoms with Crippen LogP contribution in [0, 0.1) is 17.8 Å². The highest BCUT2D eigenvalue weighted by Crippen LogP contribution is 2.34. The van der Waals surface area contributed by atoms with Crippen molar-refractivity contribution >= 4 is 0 Å². The lowest BCUT2D eigenvalue weighted by atomic mass is 9.72. The first kappa shape index (κ1) is 15.3. The fourth-order valence-corrected chi connectivity index (χ4v) is 4.05. The van der Waals surface area contributed by atoms with Crippen LogP contribution in [0.4, 0.5) is 0 Å². The summed E-state index contributed by atoms with van der Waals surface area (Å²) in [5.41, 5.74) is 0. The molecular formula is C16H32N2O. The summed E-state index contributed by atoms with van der Waals surface area (Å²) in [6.45, 7) is 12.6. The molecule has 19 heavy (non-hydrogen) atoms. The van der Waals surface area contributed by atoms with Crippen LogP contribution in [0.15, 0.2) is 0 Å². The van der Waals surface area contributed by atoms with E-state index in [0.717, 1.165) is 30.9 Å². The maximum atomic E-state index is 5.75. The average Bonchev–Trinajstić information content (AvgIpc) is 2.36. The molecule has 1 saturated heterocycles. The van der Waals surface area contributed by atoms with Crippen LogP contribution >= 0.6 is 0 Å². The number of ether oxygens (including phenoxy) is 1. The highest BCUT2D eigenvalue weighted by atomic mass is 16.5. The molecule has 0 radical (unpaired) electrons. The van der Waals surface area contributed by atoms with Crippen LogP contribution in [0.1, 0.15) is 40.5 Å². The third-order valence-electron chi connectivity index (χ3n) is 5.23. The standard InChI is InChI=1S/C16H32N2O/c1-11-6-12(2)15(16(7-11)17-5)9-18-8-14(4)19-10-13(18)3/h11-17H,6-10H2,1-5H3. The van der Waals surface area contributed by atoms with Crippen LogP contribution in [0.3, 0.4) is 0 Å². The van der Waals surface area contributed by atoms with Crippen molar-refractivity contribution in [3.05, 3.63) is 0 Å². The Balaban J connectivity index is 1.98. The van der Waals surface area contributed by atoms with Gasteiger partial charge in [0.1, 0.15) is 0 Å². The second kappa shape index (κ2) is 6.55. The van der Waals surface area contributed by atoms with E-state index in [-0.39, 0.29) is 0 Å². The molecule has 6 unspecified atom stereocenters. The van der Waals surface area contributed by atoms with Gasteiger partial charge in [-0.2, -0.15) is 0 Å². The number of hydrogen-bond acceptors (Lipinski definition) is 3. The molecule has 1 aliphatic heterocycles. The third-order valence-corrected chi connectivity index (χ3v) is 5.23. The van der Waals surface area contributed by atoms with Gasteiger partial charge in [0.05, 0.1) is 12.7 Å². The van der Waals surface area contributed by atoms with Crippen molar-refractivity contribution in [3.8, 4) is 0 Å². The van der Waals surface area contributed by atoms with Gasteiger partial charge in [0.2, 0.25) is 0 Å². The van der Waals surface area contributed by atoms with Gasteiger partial charge in [-0.15, -0.1) is 0 Å². The highest BCUT2D eigenvalue weighted by molar-refractivity contribution is 4.90. The molecule has 112 valence electrons. The fourth-order valence-electron chi connectivity index (χ4n) is 4.05. The van der Waals surface area contributed by atoms with Gasteiger partial charge in [0.25, 0.3) is 0 Å². The second-order valence-corrected chi connectivity index (χ2v) is 7.06. The fraction of sp³-hybridized carbons (Fsp3) is 1.00. The van der Waals surface area contributed by atoms with Crippen molar-refractivity contribution in [2.24, 2.45) is 17.8 Å². The molecule has 0 spiro atoms. The molecule has 3 heteroatoms. The highest BCUT2D eigenvalue weighted by Gasteiger charge is 2.36. The third kappa shape index (κ3) is 3.71. The zero-order chi connectivity index (χ0) is 14.0. The number of morpholine rings is 1. The zero-order valence-corrected chi connectivity index (χ0v) is 13.4. The lowest BCUT2D eigenvalue weighted by Gasteiger charge is -2.45. The van der Waals surface area contributed by atoms with Gasteiger partial charge >= 0.3 is 0 Å². The molecule has 0 bridgehead atoms. The average molecular weight is 268 g/mol. The minimum absolute atomic E-state index is 0.391. The topological polar surface area (TPSA) is 24.5 Å². The summed E-state index contributed by atoms with van der Waals surface area (Å²) in [6, 6.07) is 1.25. The minimum atomic E-state index is 0.391. The monoisotopic (exact) mass is 268 g/mol. The molecule has 2 aliphatic rings. The summed E-state index contributed by atoms with van der Waals surface area (Å²) in [7, 11) is 2.13. The van der Waals surface area contributed by atoms with Crippen LogP contribution in [0.5, 0.6) is 0 Å². The van der Waals surface area contributed by atoms with Gasteiger partial charge in [-0.25, -0.2) is 0 Å². The summed E-state index contributed by atoms with van der Waals surface area (Å²) in [5, 5.41) is 3.57. The largest absolute Gasteiger partial charge is 0.376 e. The Kier molecular flexibility index (Phi) is 5.27. The molecule has 0 aromatic heterocycles. The Bertz CT molecular complexity index is 284. The molecule has 3 nitrogen and oxygen atoms in total. The van der Waals surface area contributed by atoms with Crippen LogP contribution in [0.2, 0.25) is 0 Å². The Morgan fingerprint density at radius 1 is 1.16 bits per heavy atom. The molecule has 1 N–H and O–H groups in total. The van der Waals surface area contributed by atoms with Gasteiger partial charge in [-0.1, -0.05) is 13.8 Å². The van der Waals surface area contributed by atoms with E-state index in [1.807, 2.05) is 0 Å². The molecule has 1 heterocycles. The van der Waals surface area contributed by atoms with Crippen LogP contribution < -0.4 is 5.32 Å². The molecule has 0 aromatic carbocycles. The summed E-state index contributed by atoms with van der Waals surface area (Å²) >= 11 is 0. The van der Waals surface area contributed by atoms with Gasteiger partial charge < -0.3 is 10.1 Å². The van der Waals surface area contributed by atoms with Crippen molar-refractivity contribution in [1.29, 1.82) is 0 Å². The number of hydrogen-bond donors (Lipinski definition) is 1. The number of nitrogens with zero attached hydrogens (tertiary/aromatic N) is 1. The molecule has 1 aliphatic carbocycles. The molecule has 2 rings (SSSR count). The maximum Gasteiger partial charge on any atom is 0.0674 e. The lowest BCUT2D eigenvalue weighted by Crippen LogP contribution is -2.54. The quantitative estimate of drug-likeness (QED) is 0.850. The van der Waals surface area contributed by atoms with Crippen molar-refractivity contribution in [2.75, 3.05) is 26.7 Å². The summed E-state index contributed by atoms with van der Waals surface area (Å²) in [5.74, 6) is 2.48. The van der Waals surface area contributed by atoms with Gasteiger partial charge in [0, 0.05) is 25.2 Å². The first-order valence-corrected chi connectivity index (χ1v) is 8.04. The second-order valence-electron chi connectivity index (χ2n) is 7.06. The van der Waals surface area contributed by atoms with E-state index >= 15 is 0 Å². The molecule has 6 atom stereocenters. The Hall–Kier alpha value is -0.120. The Morgan fingerprint density at radius 3 is 2.58 bits per heavy atom. The molecule has 1 saturated carbocycles. The zero-order valence-electron chi connectivity index (χ0n) is 13.4. The predicted octanol–water partition coefficient (Wildman–Crippen LogP) is 2.37. The van der Waals surface area contributed by atoms with Gasteiger partial charge in [0.15, 0.2) is 0 Å². The smallest absolute Gasteiger partial charge is 0.0674 e. The predicted molar refractivity (Wildman–Crippen MR) is 80.3 cm³/mol.